The van der Waals surface area contributed by atoms with E-state index < -0.39 is 8.32 Å². The summed E-state index contributed by atoms with van der Waals surface area (Å²) in [5.41, 5.74) is 9.82. The Hall–Kier alpha value is -1.29. The van der Waals surface area contributed by atoms with E-state index in [0.29, 0.717) is 13.2 Å². The lowest BCUT2D eigenvalue weighted by atomic mass is 10.0. The van der Waals surface area contributed by atoms with Crippen LogP contribution in [0.2, 0.25) is 18.1 Å². The molecular weight excluding hydrogens is 278 g/mol. The van der Waals surface area contributed by atoms with Crippen molar-refractivity contribution in [3.63, 3.8) is 0 Å². The number of azide groups is 1. The topological polar surface area (TPSA) is 58.0 Å². The van der Waals surface area contributed by atoms with E-state index in [9.17, 15) is 0 Å². The number of nitrogens with zero attached hydrogens (tertiary/aromatic N) is 3. The summed E-state index contributed by atoms with van der Waals surface area (Å²) in [6.07, 6.45) is 0.883. The summed E-state index contributed by atoms with van der Waals surface area (Å²) in [4.78, 5) is 2.89. The number of hydrogen-bond donors (Lipinski definition) is 0. The maximum absolute atomic E-state index is 8.56. The van der Waals surface area contributed by atoms with E-state index in [4.69, 9.17) is 9.96 Å². The van der Waals surface area contributed by atoms with E-state index in [1.807, 2.05) is 18.2 Å². The van der Waals surface area contributed by atoms with Gasteiger partial charge in [-0.2, -0.15) is 0 Å². The molecule has 1 rings (SSSR count). The van der Waals surface area contributed by atoms with E-state index in [1.165, 1.54) is 5.56 Å². The Balaban J connectivity index is 2.68. The Morgan fingerprint density at radius 2 is 1.86 bits per heavy atom. The molecule has 0 fully saturated rings. The molecule has 0 aliphatic heterocycles. The van der Waals surface area contributed by atoms with Gasteiger partial charge in [-0.05, 0) is 41.6 Å². The average Bonchev–Trinajstić information content (AvgIpc) is 2.42. The van der Waals surface area contributed by atoms with Gasteiger partial charge in [0.2, 0.25) is 0 Å². The highest BCUT2D eigenvalue weighted by Crippen LogP contribution is 2.36. The van der Waals surface area contributed by atoms with E-state index in [2.05, 4.69) is 56.0 Å². The van der Waals surface area contributed by atoms with Crippen LogP contribution in [0.5, 0.6) is 0 Å². The van der Waals surface area contributed by atoms with Gasteiger partial charge in [0.25, 0.3) is 0 Å². The molecule has 0 radical (unpaired) electrons. The normalized spacial score (nSPS) is 13.6. The van der Waals surface area contributed by atoms with Crippen molar-refractivity contribution in [3.8, 4) is 0 Å². The molecule has 4 nitrogen and oxygen atoms in total. The monoisotopic (exact) mass is 305 g/mol. The molecule has 0 heterocycles. The maximum atomic E-state index is 8.56. The molecule has 0 saturated heterocycles. The minimum absolute atomic E-state index is 0.197. The van der Waals surface area contributed by atoms with Crippen molar-refractivity contribution in [1.82, 2.24) is 0 Å². The largest absolute Gasteiger partial charge is 0.417 e. The summed E-state index contributed by atoms with van der Waals surface area (Å²) < 4.78 is 6.28. The molecule has 0 bridgehead atoms. The second-order valence-corrected chi connectivity index (χ2v) is 11.8. The molecule has 0 amide bonds. The van der Waals surface area contributed by atoms with E-state index in [1.54, 1.807) is 0 Å². The van der Waals surface area contributed by atoms with Crippen LogP contribution >= 0.6 is 0 Å². The molecule has 0 aromatic heterocycles. The van der Waals surface area contributed by atoms with Gasteiger partial charge in [-0.3, -0.25) is 0 Å². The van der Waals surface area contributed by atoms with Crippen LogP contribution in [0.15, 0.2) is 35.4 Å². The minimum atomic E-state index is -1.76. The fourth-order valence-corrected chi connectivity index (χ4v) is 2.90. The van der Waals surface area contributed by atoms with Crippen molar-refractivity contribution in [1.29, 1.82) is 0 Å². The fraction of sp³-hybridized carbons (Fsp3) is 0.625. The first-order valence-electron chi connectivity index (χ1n) is 7.45. The predicted molar refractivity (Wildman–Crippen MR) is 90.8 cm³/mol. The van der Waals surface area contributed by atoms with Gasteiger partial charge < -0.3 is 4.43 Å². The van der Waals surface area contributed by atoms with E-state index >= 15 is 0 Å². The van der Waals surface area contributed by atoms with Gasteiger partial charge >= 0.3 is 0 Å². The molecule has 0 N–H and O–H groups in total. The smallest absolute Gasteiger partial charge is 0.191 e. The molecule has 0 saturated carbocycles. The Morgan fingerprint density at radius 1 is 1.24 bits per heavy atom. The summed E-state index contributed by atoms with van der Waals surface area (Å²) in [6.45, 7) is 12.3. The quantitative estimate of drug-likeness (QED) is 0.296. The highest BCUT2D eigenvalue weighted by molar-refractivity contribution is 6.74. The molecule has 1 aromatic rings. The van der Waals surface area contributed by atoms with Crippen molar-refractivity contribution < 1.29 is 4.43 Å². The highest BCUT2D eigenvalue weighted by Gasteiger charge is 2.37. The van der Waals surface area contributed by atoms with E-state index in [-0.39, 0.29) is 11.0 Å². The Labute approximate surface area is 129 Å². The van der Waals surface area contributed by atoms with Crippen molar-refractivity contribution >= 4 is 8.32 Å². The first kappa shape index (κ1) is 17.8. The van der Waals surface area contributed by atoms with Crippen molar-refractivity contribution in [3.05, 3.63) is 46.3 Å². The molecule has 1 atom stereocenters. The van der Waals surface area contributed by atoms with Gasteiger partial charge in [0.1, 0.15) is 0 Å². The number of hydrogen-bond acceptors (Lipinski definition) is 2. The lowest BCUT2D eigenvalue weighted by molar-refractivity contribution is 0.230. The van der Waals surface area contributed by atoms with Crippen LogP contribution in [-0.4, -0.2) is 21.5 Å². The summed E-state index contributed by atoms with van der Waals surface area (Å²) in [6, 6.07) is 10.3. The van der Waals surface area contributed by atoms with Crippen molar-refractivity contribution in [2.24, 2.45) is 11.0 Å². The Morgan fingerprint density at radius 3 is 2.38 bits per heavy atom. The summed E-state index contributed by atoms with van der Waals surface area (Å²) in [5.74, 6) is 0.234. The van der Waals surface area contributed by atoms with Crippen LogP contribution in [0.25, 0.3) is 10.4 Å². The van der Waals surface area contributed by atoms with Crippen molar-refractivity contribution in [2.45, 2.75) is 45.3 Å². The number of benzene rings is 1. The second-order valence-electron chi connectivity index (χ2n) is 7.04. The first-order valence-corrected chi connectivity index (χ1v) is 10.4. The van der Waals surface area contributed by atoms with Gasteiger partial charge in [-0.1, -0.05) is 56.2 Å². The minimum Gasteiger partial charge on any atom is -0.417 e. The standard InChI is InChI=1S/C16H27N3OSi/c1-16(2,3)21(4,5)20-13-15(12-18-19-17)11-14-9-7-6-8-10-14/h6-10,15H,11-13H2,1-5H3/t15-/m1/s1. The molecule has 1 aromatic carbocycles. The van der Waals surface area contributed by atoms with Crippen LogP contribution in [0.1, 0.15) is 26.3 Å². The first-order chi connectivity index (χ1) is 9.76. The zero-order valence-electron chi connectivity index (χ0n) is 13.8. The highest BCUT2D eigenvalue weighted by atomic mass is 28.4. The van der Waals surface area contributed by atoms with Crippen LogP contribution in [0.4, 0.5) is 0 Å². The second kappa shape index (κ2) is 7.64. The third-order valence-electron chi connectivity index (χ3n) is 4.26. The average molecular weight is 305 g/mol. The lowest BCUT2D eigenvalue weighted by Gasteiger charge is -2.37. The van der Waals surface area contributed by atoms with Gasteiger partial charge in [0.05, 0.1) is 0 Å². The van der Waals surface area contributed by atoms with Crippen LogP contribution < -0.4 is 0 Å². The van der Waals surface area contributed by atoms with Gasteiger partial charge in [-0.15, -0.1) is 0 Å². The molecule has 0 unspecified atom stereocenters. The maximum Gasteiger partial charge on any atom is 0.191 e. The van der Waals surface area contributed by atoms with Gasteiger partial charge in [0.15, 0.2) is 8.32 Å². The Kier molecular flexibility index (Phi) is 6.46. The predicted octanol–water partition coefficient (Wildman–Crippen LogP) is 5.18. The van der Waals surface area contributed by atoms with Gasteiger partial charge in [0, 0.05) is 18.1 Å². The van der Waals surface area contributed by atoms with Crippen LogP contribution in [-0.2, 0) is 10.8 Å². The third-order valence-corrected chi connectivity index (χ3v) is 8.76. The van der Waals surface area contributed by atoms with Crippen LogP contribution in [0.3, 0.4) is 0 Å². The zero-order valence-corrected chi connectivity index (χ0v) is 14.8. The fourth-order valence-electron chi connectivity index (χ4n) is 1.82. The van der Waals surface area contributed by atoms with Crippen LogP contribution in [0, 0.1) is 5.92 Å². The van der Waals surface area contributed by atoms with Crippen molar-refractivity contribution in [2.75, 3.05) is 13.2 Å². The summed E-state index contributed by atoms with van der Waals surface area (Å²) in [7, 11) is -1.76. The molecule has 5 heteroatoms. The van der Waals surface area contributed by atoms with Gasteiger partial charge in [-0.25, -0.2) is 0 Å². The summed E-state index contributed by atoms with van der Waals surface area (Å²) >= 11 is 0. The molecule has 0 aliphatic rings. The SMILES string of the molecule is CC(C)(C)[Si](C)(C)OC[C@@H](CN=[N+]=[N-])Cc1ccccc1. The molecule has 0 aliphatic carbocycles. The molecular formula is C16H27N3OSi. The Bertz CT molecular complexity index is 476. The molecule has 116 valence electrons. The lowest BCUT2D eigenvalue weighted by Crippen LogP contribution is -2.42. The zero-order chi connectivity index (χ0) is 15.9. The molecule has 0 spiro atoms. The third kappa shape index (κ3) is 5.92. The summed E-state index contributed by atoms with van der Waals surface area (Å²) in [5, 5.41) is 3.94. The van der Waals surface area contributed by atoms with E-state index in [0.717, 1.165) is 6.42 Å². The molecule has 21 heavy (non-hydrogen) atoms. The number of rotatable bonds is 7.